The van der Waals surface area contributed by atoms with E-state index in [0.29, 0.717) is 6.04 Å². The standard InChI is InChI=1S/C20H25N3O/c1-15-3-6-20(21-14-15)23-10-8-22(9-11-23)16(2)18-5-4-17-7-12-24-19(17)13-18/h3-6,13-14,16H,7-12H2,1-2H3. The summed E-state index contributed by atoms with van der Waals surface area (Å²) in [5.41, 5.74) is 3.92. The van der Waals surface area contributed by atoms with Crippen molar-refractivity contribution < 1.29 is 4.74 Å². The minimum Gasteiger partial charge on any atom is -0.493 e. The van der Waals surface area contributed by atoms with Crippen molar-refractivity contribution in [1.29, 1.82) is 0 Å². The molecule has 0 bridgehead atoms. The summed E-state index contributed by atoms with van der Waals surface area (Å²) in [5.74, 6) is 2.18. The van der Waals surface area contributed by atoms with Gasteiger partial charge in [0.05, 0.1) is 6.61 Å². The molecule has 4 nitrogen and oxygen atoms in total. The van der Waals surface area contributed by atoms with Crippen molar-refractivity contribution >= 4 is 5.82 Å². The average Bonchev–Trinajstić information content (AvgIpc) is 3.09. The highest BCUT2D eigenvalue weighted by atomic mass is 16.5. The first-order valence-electron chi connectivity index (χ1n) is 8.88. The number of hydrogen-bond donors (Lipinski definition) is 0. The van der Waals surface area contributed by atoms with Crippen LogP contribution in [0.3, 0.4) is 0 Å². The van der Waals surface area contributed by atoms with E-state index in [-0.39, 0.29) is 0 Å². The minimum absolute atomic E-state index is 0.424. The van der Waals surface area contributed by atoms with Gasteiger partial charge in [0.25, 0.3) is 0 Å². The molecular weight excluding hydrogens is 298 g/mol. The lowest BCUT2D eigenvalue weighted by Crippen LogP contribution is -2.47. The average molecular weight is 323 g/mol. The van der Waals surface area contributed by atoms with Gasteiger partial charge in [0.2, 0.25) is 0 Å². The molecule has 0 saturated carbocycles. The van der Waals surface area contributed by atoms with Crippen molar-refractivity contribution in [2.75, 3.05) is 37.7 Å². The number of anilines is 1. The number of nitrogens with zero attached hydrogens (tertiary/aromatic N) is 3. The van der Waals surface area contributed by atoms with Crippen molar-refractivity contribution in [2.45, 2.75) is 26.3 Å². The van der Waals surface area contributed by atoms with Gasteiger partial charge in [0.15, 0.2) is 0 Å². The van der Waals surface area contributed by atoms with E-state index in [4.69, 9.17) is 4.74 Å². The highest BCUT2D eigenvalue weighted by Crippen LogP contribution is 2.31. The zero-order valence-corrected chi connectivity index (χ0v) is 14.5. The molecule has 0 spiro atoms. The molecule has 0 radical (unpaired) electrons. The Morgan fingerprint density at radius 3 is 2.67 bits per heavy atom. The van der Waals surface area contributed by atoms with E-state index >= 15 is 0 Å². The number of aromatic nitrogens is 1. The Labute approximate surface area is 144 Å². The van der Waals surface area contributed by atoms with E-state index < -0.39 is 0 Å². The van der Waals surface area contributed by atoms with Gasteiger partial charge in [-0.1, -0.05) is 18.2 Å². The van der Waals surface area contributed by atoms with Crippen LogP contribution in [0, 0.1) is 6.92 Å². The molecule has 126 valence electrons. The zero-order chi connectivity index (χ0) is 16.5. The Morgan fingerprint density at radius 1 is 1.08 bits per heavy atom. The maximum absolute atomic E-state index is 5.73. The van der Waals surface area contributed by atoms with Gasteiger partial charge in [-0.15, -0.1) is 0 Å². The molecule has 1 aromatic carbocycles. The van der Waals surface area contributed by atoms with Crippen molar-refractivity contribution in [3.63, 3.8) is 0 Å². The van der Waals surface area contributed by atoms with Gasteiger partial charge in [-0.25, -0.2) is 4.98 Å². The van der Waals surface area contributed by atoms with Crippen LogP contribution in [-0.4, -0.2) is 42.7 Å². The van der Waals surface area contributed by atoms with E-state index in [9.17, 15) is 0 Å². The lowest BCUT2D eigenvalue weighted by Gasteiger charge is -2.38. The van der Waals surface area contributed by atoms with Crippen LogP contribution < -0.4 is 9.64 Å². The summed E-state index contributed by atoms with van der Waals surface area (Å²) >= 11 is 0. The number of ether oxygens (including phenoxy) is 1. The van der Waals surface area contributed by atoms with Gasteiger partial charge in [-0.2, -0.15) is 0 Å². The second kappa shape index (κ2) is 6.44. The molecule has 4 heteroatoms. The molecule has 1 saturated heterocycles. The van der Waals surface area contributed by atoms with Crippen LogP contribution >= 0.6 is 0 Å². The molecule has 2 aliphatic heterocycles. The lowest BCUT2D eigenvalue weighted by molar-refractivity contribution is 0.198. The summed E-state index contributed by atoms with van der Waals surface area (Å²) in [4.78, 5) is 9.50. The van der Waals surface area contributed by atoms with E-state index in [2.05, 4.69) is 59.0 Å². The highest BCUT2D eigenvalue weighted by Gasteiger charge is 2.24. The van der Waals surface area contributed by atoms with E-state index in [1.807, 2.05) is 6.20 Å². The normalized spacial score (nSPS) is 19.0. The summed E-state index contributed by atoms with van der Waals surface area (Å²) in [6, 6.07) is 11.4. The predicted molar refractivity (Wildman–Crippen MR) is 96.8 cm³/mol. The van der Waals surface area contributed by atoms with Crippen molar-refractivity contribution in [1.82, 2.24) is 9.88 Å². The van der Waals surface area contributed by atoms with E-state index in [1.165, 1.54) is 16.7 Å². The molecule has 0 N–H and O–H groups in total. The quantitative estimate of drug-likeness (QED) is 0.867. The Kier molecular flexibility index (Phi) is 4.15. The molecule has 24 heavy (non-hydrogen) atoms. The largest absolute Gasteiger partial charge is 0.493 e. The third-order valence-corrected chi connectivity index (χ3v) is 5.28. The molecule has 4 rings (SSSR count). The number of rotatable bonds is 3. The number of pyridine rings is 1. The Hall–Kier alpha value is -2.07. The van der Waals surface area contributed by atoms with E-state index in [1.54, 1.807) is 0 Å². The molecule has 2 aromatic rings. The maximum Gasteiger partial charge on any atom is 0.128 e. The van der Waals surface area contributed by atoms with Gasteiger partial charge < -0.3 is 9.64 Å². The molecule has 2 aliphatic rings. The third kappa shape index (κ3) is 2.98. The summed E-state index contributed by atoms with van der Waals surface area (Å²) in [6.45, 7) is 9.40. The smallest absolute Gasteiger partial charge is 0.128 e. The Bertz CT molecular complexity index is 705. The maximum atomic E-state index is 5.73. The second-order valence-electron chi connectivity index (χ2n) is 6.86. The fraction of sp³-hybridized carbons (Fsp3) is 0.450. The van der Waals surface area contributed by atoms with Gasteiger partial charge in [0.1, 0.15) is 11.6 Å². The first-order valence-corrected chi connectivity index (χ1v) is 8.88. The zero-order valence-electron chi connectivity index (χ0n) is 14.5. The van der Waals surface area contributed by atoms with Gasteiger partial charge in [-0.05, 0) is 42.7 Å². The van der Waals surface area contributed by atoms with Gasteiger partial charge >= 0.3 is 0 Å². The monoisotopic (exact) mass is 323 g/mol. The molecule has 1 unspecified atom stereocenters. The third-order valence-electron chi connectivity index (χ3n) is 5.28. The highest BCUT2D eigenvalue weighted by molar-refractivity contribution is 5.42. The van der Waals surface area contributed by atoms with Crippen LogP contribution in [0.15, 0.2) is 36.5 Å². The van der Waals surface area contributed by atoms with Crippen LogP contribution in [0.25, 0.3) is 0 Å². The summed E-state index contributed by atoms with van der Waals surface area (Å²) in [5, 5.41) is 0. The van der Waals surface area contributed by atoms with Crippen LogP contribution in [0.1, 0.15) is 29.7 Å². The first-order chi connectivity index (χ1) is 11.7. The summed E-state index contributed by atoms with van der Waals surface area (Å²) < 4.78 is 5.73. The second-order valence-corrected chi connectivity index (χ2v) is 6.86. The van der Waals surface area contributed by atoms with Crippen molar-refractivity contribution in [2.24, 2.45) is 0 Å². The Morgan fingerprint density at radius 2 is 1.92 bits per heavy atom. The molecular formula is C20H25N3O. The molecule has 0 aliphatic carbocycles. The molecule has 1 atom stereocenters. The number of piperazine rings is 1. The van der Waals surface area contributed by atoms with Crippen LogP contribution in [0.4, 0.5) is 5.82 Å². The fourth-order valence-electron chi connectivity index (χ4n) is 3.64. The predicted octanol–water partition coefficient (Wildman–Crippen LogP) is 3.21. The number of benzene rings is 1. The molecule has 1 fully saturated rings. The summed E-state index contributed by atoms with van der Waals surface area (Å²) in [7, 11) is 0. The van der Waals surface area contributed by atoms with Gasteiger partial charge in [-0.3, -0.25) is 4.90 Å². The SMILES string of the molecule is Cc1ccc(N2CCN(C(C)c3ccc4c(c3)OCC4)CC2)nc1. The Balaban J connectivity index is 1.41. The lowest BCUT2D eigenvalue weighted by atomic mass is 10.0. The van der Waals surface area contributed by atoms with Crippen LogP contribution in [0.2, 0.25) is 0 Å². The number of aryl methyl sites for hydroxylation is 1. The topological polar surface area (TPSA) is 28.6 Å². The van der Waals surface area contributed by atoms with Crippen LogP contribution in [0.5, 0.6) is 5.75 Å². The molecule has 1 aromatic heterocycles. The fourth-order valence-corrected chi connectivity index (χ4v) is 3.64. The number of fused-ring (bicyclic) bond motifs is 1. The summed E-state index contributed by atoms with van der Waals surface area (Å²) in [6.07, 6.45) is 3.00. The van der Waals surface area contributed by atoms with Gasteiger partial charge in [0, 0.05) is 44.8 Å². The molecule has 3 heterocycles. The number of hydrogen-bond acceptors (Lipinski definition) is 4. The minimum atomic E-state index is 0.424. The van der Waals surface area contributed by atoms with Crippen molar-refractivity contribution in [3.8, 4) is 5.75 Å². The van der Waals surface area contributed by atoms with Crippen LogP contribution in [-0.2, 0) is 6.42 Å². The molecule has 0 amide bonds. The first kappa shape index (κ1) is 15.5. The van der Waals surface area contributed by atoms with E-state index in [0.717, 1.165) is 50.8 Å². The van der Waals surface area contributed by atoms with Crippen molar-refractivity contribution in [3.05, 3.63) is 53.2 Å².